The molecule has 2 saturated heterocycles. The van der Waals surface area contributed by atoms with E-state index in [1.807, 2.05) is 0 Å². The molecule has 17 heteroatoms. The Morgan fingerprint density at radius 2 is 1.25 bits per heavy atom. The van der Waals surface area contributed by atoms with Crippen LogP contribution in [0, 0.1) is 0 Å². The van der Waals surface area contributed by atoms with Gasteiger partial charge in [0, 0.05) is 18.2 Å². The van der Waals surface area contributed by atoms with Crippen molar-refractivity contribution < 1.29 is 84.6 Å². The van der Waals surface area contributed by atoms with E-state index in [0.29, 0.717) is 0 Å². The van der Waals surface area contributed by atoms with Crippen molar-refractivity contribution in [2.45, 2.75) is 68.3 Å². The molecule has 2 aromatic carbocycles. The van der Waals surface area contributed by atoms with Gasteiger partial charge in [-0.25, -0.2) is 4.42 Å². The van der Waals surface area contributed by atoms with Crippen molar-refractivity contribution in [3.63, 3.8) is 0 Å². The van der Waals surface area contributed by atoms with Gasteiger partial charge in [0.2, 0.25) is 17.8 Å². The minimum absolute atomic E-state index is 0.133. The molecule has 0 aliphatic carbocycles. The highest BCUT2D eigenvalue weighted by molar-refractivity contribution is 5.91. The molecule has 240 valence electrons. The Bertz CT molecular complexity index is 1510. The predicted octanol–water partition coefficient (Wildman–Crippen LogP) is -1.36. The summed E-state index contributed by atoms with van der Waals surface area (Å²) < 4.78 is 28.0. The second kappa shape index (κ2) is 11.9. The van der Waals surface area contributed by atoms with Crippen LogP contribution in [0.25, 0.3) is 22.3 Å². The van der Waals surface area contributed by atoms with E-state index in [-0.39, 0.29) is 22.3 Å². The van der Waals surface area contributed by atoms with Crippen molar-refractivity contribution in [1.29, 1.82) is 0 Å². The number of aliphatic hydroxyl groups is 6. The van der Waals surface area contributed by atoms with E-state index >= 15 is 0 Å². The van der Waals surface area contributed by atoms with E-state index in [0.717, 1.165) is 24.3 Å². The molecule has 0 saturated carbocycles. The fraction of sp³-hybridized carbons (Fsp3) is 0.444. The first kappa shape index (κ1) is 31.5. The lowest BCUT2D eigenvalue weighted by molar-refractivity contribution is -0.318. The first-order chi connectivity index (χ1) is 20.7. The van der Waals surface area contributed by atoms with Crippen LogP contribution >= 0.6 is 0 Å². The molecule has 5 unspecified atom stereocenters. The number of aromatic hydroxyl groups is 6. The topological polar surface area (TPSA) is 291 Å². The molecule has 3 aromatic rings. The van der Waals surface area contributed by atoms with Gasteiger partial charge >= 0.3 is 11.3 Å². The Balaban J connectivity index is 1.48. The van der Waals surface area contributed by atoms with Crippen LogP contribution in [0.5, 0.6) is 40.2 Å². The fourth-order valence-corrected chi connectivity index (χ4v) is 4.86. The summed E-state index contributed by atoms with van der Waals surface area (Å²) in [6.45, 7) is 0.829. The van der Waals surface area contributed by atoms with Crippen molar-refractivity contribution in [1.82, 2.24) is 0 Å². The third-order valence-corrected chi connectivity index (χ3v) is 7.44. The van der Waals surface area contributed by atoms with Crippen molar-refractivity contribution in [2.24, 2.45) is 0 Å². The predicted molar refractivity (Wildman–Crippen MR) is 142 cm³/mol. The highest BCUT2D eigenvalue weighted by Crippen LogP contribution is 2.47. The summed E-state index contributed by atoms with van der Waals surface area (Å²) >= 11 is 0. The molecular weight excluding hydrogens is 596 g/mol. The monoisotopic (exact) mass is 627 g/mol. The van der Waals surface area contributed by atoms with Crippen LogP contribution in [0.3, 0.4) is 0 Å². The molecule has 0 spiro atoms. The number of phenols is 6. The van der Waals surface area contributed by atoms with Gasteiger partial charge in [0.05, 0.1) is 24.3 Å². The van der Waals surface area contributed by atoms with Gasteiger partial charge in [-0.15, -0.1) is 0 Å². The zero-order valence-corrected chi connectivity index (χ0v) is 22.7. The van der Waals surface area contributed by atoms with Crippen molar-refractivity contribution in [3.05, 3.63) is 24.3 Å². The van der Waals surface area contributed by atoms with Gasteiger partial charge in [-0.2, -0.15) is 0 Å². The normalized spacial score (nSPS) is 32.5. The molecule has 17 nitrogen and oxygen atoms in total. The molecule has 5 rings (SSSR count). The summed E-state index contributed by atoms with van der Waals surface area (Å²) in [5.41, 5.74) is -0.363. The van der Waals surface area contributed by atoms with E-state index in [9.17, 15) is 61.3 Å². The fourth-order valence-electron chi connectivity index (χ4n) is 4.86. The number of hydrogen-bond acceptors (Lipinski definition) is 16. The van der Waals surface area contributed by atoms with E-state index < -0.39 is 108 Å². The molecule has 12 N–H and O–H groups in total. The molecular formula is C27H31O17+. The maximum atomic E-state index is 10.7. The summed E-state index contributed by atoms with van der Waals surface area (Å²) in [5, 5.41) is 122. The number of hydrogen-bond donors (Lipinski definition) is 12. The number of phenolic OH excluding ortho intramolecular Hbond substituents is 6. The van der Waals surface area contributed by atoms with E-state index in [1.54, 1.807) is 0 Å². The zero-order valence-electron chi connectivity index (χ0n) is 22.7. The van der Waals surface area contributed by atoms with Crippen LogP contribution < -0.4 is 4.74 Å². The molecule has 0 bridgehead atoms. The minimum Gasteiger partial charge on any atom is -0.504 e. The van der Waals surface area contributed by atoms with Gasteiger partial charge in [-0.3, -0.25) is 0 Å². The minimum atomic E-state index is -1.93. The van der Waals surface area contributed by atoms with E-state index in [2.05, 4.69) is 0 Å². The summed E-state index contributed by atoms with van der Waals surface area (Å²) in [6.07, 6.45) is -16.0. The van der Waals surface area contributed by atoms with Gasteiger partial charge in [-0.05, 0) is 6.92 Å². The van der Waals surface area contributed by atoms with E-state index in [4.69, 9.17) is 23.4 Å². The van der Waals surface area contributed by atoms with Gasteiger partial charge in [-0.1, -0.05) is 0 Å². The summed E-state index contributed by atoms with van der Waals surface area (Å²) in [7, 11) is 0. The molecule has 0 radical (unpaired) electrons. The Hall–Kier alpha value is -3.91. The molecule has 10 atom stereocenters. The van der Waals surface area contributed by atoms with Gasteiger partial charge in [0.25, 0.3) is 0 Å². The number of ether oxygens (including phenoxy) is 4. The second-order valence-electron chi connectivity index (χ2n) is 10.5. The highest BCUT2D eigenvalue weighted by atomic mass is 16.7. The second-order valence-corrected chi connectivity index (χ2v) is 10.5. The number of aliphatic hydroxyl groups excluding tert-OH is 6. The van der Waals surface area contributed by atoms with Crippen molar-refractivity contribution in [2.75, 3.05) is 6.61 Å². The molecule has 2 aliphatic heterocycles. The average Bonchev–Trinajstić information content (AvgIpc) is 2.99. The molecule has 1 aromatic heterocycles. The van der Waals surface area contributed by atoms with Crippen LogP contribution in [0.2, 0.25) is 0 Å². The van der Waals surface area contributed by atoms with Crippen LogP contribution in [-0.4, -0.2) is 129 Å². The molecule has 44 heavy (non-hydrogen) atoms. The third kappa shape index (κ3) is 5.56. The first-order valence-corrected chi connectivity index (χ1v) is 13.2. The molecule has 3 heterocycles. The SMILES string of the molecule is CC1O[C@@H](OCC2O[C@@H](Oc3cc4c(O)c(O)c(O)cc4[o+]c3-c3cc(O)c(O)c(O)c3)C(O)C(O)[C@@H]2O)C(O)[C@@H](O)[C@H]1O. The molecule has 2 aliphatic rings. The first-order valence-electron chi connectivity index (χ1n) is 13.2. The Labute approximate surface area is 246 Å². The quantitative estimate of drug-likeness (QED) is 0.111. The summed E-state index contributed by atoms with van der Waals surface area (Å²) in [5.74, 6) is -5.64. The van der Waals surface area contributed by atoms with E-state index in [1.165, 1.54) is 6.92 Å². The maximum Gasteiger partial charge on any atom is 0.402 e. The van der Waals surface area contributed by atoms with Crippen LogP contribution in [0.4, 0.5) is 0 Å². The molecule has 0 amide bonds. The summed E-state index contributed by atoms with van der Waals surface area (Å²) in [6, 6.07) is 3.93. The van der Waals surface area contributed by atoms with Crippen LogP contribution in [0.1, 0.15) is 6.92 Å². The number of fused-ring (bicyclic) bond motifs is 1. The Kier molecular flexibility index (Phi) is 8.51. The van der Waals surface area contributed by atoms with Crippen LogP contribution in [-0.2, 0) is 14.2 Å². The van der Waals surface area contributed by atoms with Crippen molar-refractivity contribution in [3.8, 4) is 51.6 Å². The zero-order chi connectivity index (χ0) is 32.2. The summed E-state index contributed by atoms with van der Waals surface area (Å²) in [4.78, 5) is 0. The lowest BCUT2D eigenvalue weighted by Gasteiger charge is -2.42. The smallest absolute Gasteiger partial charge is 0.402 e. The van der Waals surface area contributed by atoms with Gasteiger partial charge < -0.3 is 80.2 Å². The number of benzene rings is 2. The van der Waals surface area contributed by atoms with Crippen molar-refractivity contribution >= 4 is 11.0 Å². The number of rotatable bonds is 6. The van der Waals surface area contributed by atoms with Gasteiger partial charge in [0.15, 0.2) is 35.0 Å². The lowest BCUT2D eigenvalue weighted by Crippen LogP contribution is -2.61. The third-order valence-electron chi connectivity index (χ3n) is 7.44. The lowest BCUT2D eigenvalue weighted by atomic mass is 9.98. The highest BCUT2D eigenvalue weighted by Gasteiger charge is 2.48. The Morgan fingerprint density at radius 1 is 0.659 bits per heavy atom. The standard InChI is InChI=1S/C27H30O17/c1-7-16(31)21(36)23(38)26(41-7)40-6-15-20(35)22(37)24(39)27(44-15)43-14-4-9-13(5-12(30)19(34)17(9)32)42-25(14)8-2-10(28)18(33)11(29)3-8/h2-5,7,15-16,20-24,26-27,31,35-39H,6H2,1H3,(H5-,28,29,30,32,33,34)/p+1/t7?,15?,16-,20+,21-,22?,23?,24?,26+,27+/m0/s1. The molecule has 2 fully saturated rings. The van der Waals surface area contributed by atoms with Gasteiger partial charge in [0.1, 0.15) is 48.1 Å². The van der Waals surface area contributed by atoms with Crippen LogP contribution in [0.15, 0.2) is 28.7 Å². The maximum absolute atomic E-state index is 10.7. The average molecular weight is 628 g/mol. The Morgan fingerprint density at radius 3 is 1.91 bits per heavy atom. The largest absolute Gasteiger partial charge is 0.504 e.